The van der Waals surface area contributed by atoms with Crippen molar-refractivity contribution in [3.8, 4) is 6.07 Å². The molecule has 1 atom stereocenters. The number of hydrogen-bond donors (Lipinski definition) is 1. The summed E-state index contributed by atoms with van der Waals surface area (Å²) in [5.41, 5.74) is 1.96. The van der Waals surface area contributed by atoms with E-state index in [2.05, 4.69) is 0 Å². The standard InChI is InChI=1S/C11H11NO/c1-9-4-6-10(7-5-9)11(13)3-2-8-12/h2-7,11,13H,1H3/b3-2+. The Morgan fingerprint density at radius 2 is 2.00 bits per heavy atom. The SMILES string of the molecule is Cc1ccc(C(O)/C=C/C#N)cc1. The van der Waals surface area contributed by atoms with Crippen LogP contribution in [-0.4, -0.2) is 5.11 Å². The van der Waals surface area contributed by atoms with Gasteiger partial charge < -0.3 is 5.11 Å². The average Bonchev–Trinajstić information content (AvgIpc) is 2.15. The number of nitriles is 1. The first-order valence-electron chi connectivity index (χ1n) is 4.05. The second kappa shape index (κ2) is 4.44. The molecule has 66 valence electrons. The topological polar surface area (TPSA) is 44.0 Å². The van der Waals surface area contributed by atoms with Crippen LogP contribution < -0.4 is 0 Å². The molecular formula is C11H11NO. The van der Waals surface area contributed by atoms with Crippen molar-refractivity contribution < 1.29 is 5.11 Å². The number of aliphatic hydroxyl groups is 1. The van der Waals surface area contributed by atoms with Gasteiger partial charge in [-0.25, -0.2) is 0 Å². The van der Waals surface area contributed by atoms with Crippen LogP contribution in [0.5, 0.6) is 0 Å². The minimum absolute atomic E-state index is 0.680. The molecule has 0 saturated carbocycles. The van der Waals surface area contributed by atoms with Gasteiger partial charge in [0.15, 0.2) is 0 Å². The predicted octanol–water partition coefficient (Wildman–Crippen LogP) is 2.11. The van der Waals surface area contributed by atoms with Gasteiger partial charge in [0.2, 0.25) is 0 Å². The van der Waals surface area contributed by atoms with Crippen molar-refractivity contribution in [1.82, 2.24) is 0 Å². The minimum Gasteiger partial charge on any atom is -0.384 e. The van der Waals surface area contributed by atoms with Gasteiger partial charge in [-0.3, -0.25) is 0 Å². The second-order valence-electron chi connectivity index (χ2n) is 2.84. The molecule has 0 aromatic heterocycles. The molecule has 0 aliphatic rings. The van der Waals surface area contributed by atoms with Gasteiger partial charge in [-0.05, 0) is 18.6 Å². The maximum absolute atomic E-state index is 9.50. The monoisotopic (exact) mass is 173 g/mol. The predicted molar refractivity (Wildman–Crippen MR) is 50.9 cm³/mol. The first-order valence-corrected chi connectivity index (χ1v) is 4.05. The van der Waals surface area contributed by atoms with Crippen LogP contribution in [0.1, 0.15) is 17.2 Å². The van der Waals surface area contributed by atoms with E-state index in [0.29, 0.717) is 0 Å². The normalized spacial score (nSPS) is 12.7. The number of benzene rings is 1. The van der Waals surface area contributed by atoms with Gasteiger partial charge in [-0.1, -0.05) is 29.8 Å². The highest BCUT2D eigenvalue weighted by Gasteiger charge is 2.01. The highest BCUT2D eigenvalue weighted by atomic mass is 16.3. The van der Waals surface area contributed by atoms with Crippen LogP contribution in [0.15, 0.2) is 36.4 Å². The van der Waals surface area contributed by atoms with E-state index in [1.54, 1.807) is 0 Å². The molecular weight excluding hydrogens is 162 g/mol. The van der Waals surface area contributed by atoms with Gasteiger partial charge in [0.25, 0.3) is 0 Å². The third kappa shape index (κ3) is 2.73. The van der Waals surface area contributed by atoms with Gasteiger partial charge in [0.1, 0.15) is 0 Å². The van der Waals surface area contributed by atoms with E-state index in [9.17, 15) is 5.11 Å². The van der Waals surface area contributed by atoms with Crippen LogP contribution in [0.3, 0.4) is 0 Å². The molecule has 2 nitrogen and oxygen atoms in total. The Balaban J connectivity index is 2.78. The van der Waals surface area contributed by atoms with Gasteiger partial charge in [0, 0.05) is 6.08 Å². The largest absolute Gasteiger partial charge is 0.384 e. The summed E-state index contributed by atoms with van der Waals surface area (Å²) in [6.45, 7) is 1.99. The highest BCUT2D eigenvalue weighted by Crippen LogP contribution is 2.14. The Labute approximate surface area is 77.8 Å². The van der Waals surface area contributed by atoms with Crippen LogP contribution in [0.4, 0.5) is 0 Å². The van der Waals surface area contributed by atoms with Crippen LogP contribution in [0, 0.1) is 18.3 Å². The maximum atomic E-state index is 9.50. The fourth-order valence-electron chi connectivity index (χ4n) is 1.01. The molecule has 0 aliphatic heterocycles. The lowest BCUT2D eigenvalue weighted by molar-refractivity contribution is 0.228. The molecule has 2 heteroatoms. The van der Waals surface area contributed by atoms with Crippen molar-refractivity contribution in [2.24, 2.45) is 0 Å². The summed E-state index contributed by atoms with van der Waals surface area (Å²) in [6, 6.07) is 9.40. The molecule has 13 heavy (non-hydrogen) atoms. The van der Waals surface area contributed by atoms with E-state index in [1.165, 1.54) is 12.2 Å². The van der Waals surface area contributed by atoms with E-state index < -0.39 is 6.10 Å². The first kappa shape index (κ1) is 9.50. The molecule has 0 saturated heterocycles. The maximum Gasteiger partial charge on any atom is 0.0981 e. The molecule has 1 aromatic carbocycles. The molecule has 1 unspecified atom stereocenters. The Bertz CT molecular complexity index is 332. The molecule has 0 bridgehead atoms. The van der Waals surface area contributed by atoms with Crippen molar-refractivity contribution in [3.05, 3.63) is 47.5 Å². The molecule has 0 heterocycles. The third-order valence-electron chi connectivity index (χ3n) is 1.77. The summed E-state index contributed by atoms with van der Waals surface area (Å²) >= 11 is 0. The number of rotatable bonds is 2. The van der Waals surface area contributed by atoms with Gasteiger partial charge in [-0.15, -0.1) is 0 Å². The Hall–Kier alpha value is -1.59. The average molecular weight is 173 g/mol. The van der Waals surface area contributed by atoms with Gasteiger partial charge in [0.05, 0.1) is 12.2 Å². The van der Waals surface area contributed by atoms with E-state index in [4.69, 9.17) is 5.26 Å². The summed E-state index contributed by atoms with van der Waals surface area (Å²) in [5, 5.41) is 17.8. The van der Waals surface area contributed by atoms with E-state index in [0.717, 1.165) is 11.1 Å². The molecule has 0 radical (unpaired) electrons. The first-order chi connectivity index (χ1) is 6.24. The van der Waals surface area contributed by atoms with Crippen LogP contribution in [0.25, 0.3) is 0 Å². The molecule has 0 fully saturated rings. The Morgan fingerprint density at radius 1 is 1.38 bits per heavy atom. The summed E-state index contributed by atoms with van der Waals surface area (Å²) in [7, 11) is 0. The summed E-state index contributed by atoms with van der Waals surface area (Å²) in [6.07, 6.45) is 2.06. The second-order valence-corrected chi connectivity index (χ2v) is 2.84. The molecule has 0 spiro atoms. The number of aryl methyl sites for hydroxylation is 1. The van der Waals surface area contributed by atoms with Crippen molar-refractivity contribution in [1.29, 1.82) is 5.26 Å². The highest BCUT2D eigenvalue weighted by molar-refractivity contribution is 5.26. The molecule has 1 aromatic rings. The lowest BCUT2D eigenvalue weighted by atomic mass is 10.1. The van der Waals surface area contributed by atoms with Gasteiger partial charge in [-0.2, -0.15) is 5.26 Å². The van der Waals surface area contributed by atoms with Gasteiger partial charge >= 0.3 is 0 Å². The van der Waals surface area contributed by atoms with E-state index >= 15 is 0 Å². The summed E-state index contributed by atoms with van der Waals surface area (Å²) in [5.74, 6) is 0. The zero-order valence-electron chi connectivity index (χ0n) is 7.44. The quantitative estimate of drug-likeness (QED) is 0.696. The number of aliphatic hydroxyl groups excluding tert-OH is 1. The molecule has 1 rings (SSSR count). The van der Waals surface area contributed by atoms with Crippen molar-refractivity contribution >= 4 is 0 Å². The summed E-state index contributed by atoms with van der Waals surface area (Å²) in [4.78, 5) is 0. The van der Waals surface area contributed by atoms with Crippen LogP contribution >= 0.6 is 0 Å². The molecule has 0 amide bonds. The van der Waals surface area contributed by atoms with Crippen LogP contribution in [-0.2, 0) is 0 Å². The van der Waals surface area contributed by atoms with E-state index in [1.807, 2.05) is 37.3 Å². The van der Waals surface area contributed by atoms with Crippen molar-refractivity contribution in [2.75, 3.05) is 0 Å². The lowest BCUT2D eigenvalue weighted by Crippen LogP contribution is -1.92. The van der Waals surface area contributed by atoms with E-state index in [-0.39, 0.29) is 0 Å². The number of allylic oxidation sites excluding steroid dienone is 1. The third-order valence-corrected chi connectivity index (χ3v) is 1.77. The number of hydrogen-bond acceptors (Lipinski definition) is 2. The Kier molecular flexibility index (Phi) is 3.24. The molecule has 0 aliphatic carbocycles. The van der Waals surface area contributed by atoms with Crippen LogP contribution in [0.2, 0.25) is 0 Å². The molecule has 1 N–H and O–H groups in total. The smallest absolute Gasteiger partial charge is 0.0981 e. The minimum atomic E-state index is -0.680. The number of nitrogens with zero attached hydrogens (tertiary/aromatic N) is 1. The fraction of sp³-hybridized carbons (Fsp3) is 0.182. The Morgan fingerprint density at radius 3 is 2.54 bits per heavy atom. The lowest BCUT2D eigenvalue weighted by Gasteiger charge is -2.04. The summed E-state index contributed by atoms with van der Waals surface area (Å²) < 4.78 is 0. The van der Waals surface area contributed by atoms with Crippen molar-refractivity contribution in [3.63, 3.8) is 0 Å². The zero-order chi connectivity index (χ0) is 9.68. The van der Waals surface area contributed by atoms with Crippen molar-refractivity contribution in [2.45, 2.75) is 13.0 Å². The zero-order valence-corrected chi connectivity index (χ0v) is 7.44. The fourth-order valence-corrected chi connectivity index (χ4v) is 1.01.